The van der Waals surface area contributed by atoms with E-state index in [4.69, 9.17) is 57.2 Å². The molecular weight excluding hydrogens is 734 g/mol. The first kappa shape index (κ1) is 48.3. The molecule has 0 aromatic carbocycles. The molecule has 3 atom stereocenters. The van der Waals surface area contributed by atoms with Gasteiger partial charge >= 0.3 is 12.0 Å². The normalized spacial score (nSPS) is 17.8. The zero-order valence-corrected chi connectivity index (χ0v) is 32.6. The van der Waals surface area contributed by atoms with Crippen LogP contribution in [-0.4, -0.2) is 198 Å². The van der Waals surface area contributed by atoms with Gasteiger partial charge in [0.25, 0.3) is 0 Å². The number of carboxylic acids is 1. The van der Waals surface area contributed by atoms with Crippen molar-refractivity contribution in [3.8, 4) is 0 Å². The largest absolute Gasteiger partial charge is 0.481 e. The number of aliphatic carboxylic acids is 1. The average Bonchev–Trinajstić information content (AvgIpc) is 3.72. The Labute approximate surface area is 323 Å². The van der Waals surface area contributed by atoms with Crippen molar-refractivity contribution in [2.45, 2.75) is 49.4 Å². The molecule has 18 nitrogen and oxygen atoms in total. The van der Waals surface area contributed by atoms with Crippen LogP contribution in [0.15, 0.2) is 0 Å². The number of urea groups is 1. The molecule has 2 aliphatic rings. The smallest absolute Gasteiger partial charge is 0.315 e. The number of carbonyl (C=O) groups excluding carboxylic acids is 2. The standard InChI is InChI=1S/C35H65N3O15S/c39-32(4-2-1-3-31-34-30(29-54-31)37-35(42)38-34)36-6-8-44-10-12-46-14-16-48-18-20-50-22-24-52-26-28-53-27-25-51-23-21-49-19-17-47-15-13-45-11-9-43-7-5-33(40)41/h30-31,34H,1-29H2,(H,36,39)(H,40,41)(H2,37,38,42)/t30-,31-,34-/m0/s1. The van der Waals surface area contributed by atoms with Gasteiger partial charge in [-0.1, -0.05) is 6.42 Å². The van der Waals surface area contributed by atoms with Crippen LogP contribution in [0.4, 0.5) is 4.79 Å². The Morgan fingerprint density at radius 3 is 1.35 bits per heavy atom. The van der Waals surface area contributed by atoms with Gasteiger partial charge in [0.2, 0.25) is 5.91 Å². The molecule has 0 aromatic rings. The molecule has 0 aliphatic carbocycles. The number of rotatable bonds is 41. The van der Waals surface area contributed by atoms with Crippen molar-refractivity contribution < 1.29 is 71.6 Å². The van der Waals surface area contributed by atoms with Crippen molar-refractivity contribution in [1.82, 2.24) is 16.0 Å². The maximum Gasteiger partial charge on any atom is 0.315 e. The van der Waals surface area contributed by atoms with Crippen LogP contribution in [-0.2, 0) is 61.7 Å². The van der Waals surface area contributed by atoms with Crippen molar-refractivity contribution in [3.63, 3.8) is 0 Å². The second-order valence-electron chi connectivity index (χ2n) is 12.1. The van der Waals surface area contributed by atoms with E-state index in [0.29, 0.717) is 157 Å². The molecular formula is C35H65N3O15S. The van der Waals surface area contributed by atoms with E-state index in [1.54, 1.807) is 0 Å². The first-order chi connectivity index (χ1) is 26.6. The molecule has 3 amide bonds. The van der Waals surface area contributed by atoms with Crippen molar-refractivity contribution in [1.29, 1.82) is 0 Å². The number of thioether (sulfide) groups is 1. The molecule has 2 saturated heterocycles. The number of unbranched alkanes of at least 4 members (excludes halogenated alkanes) is 1. The highest BCUT2D eigenvalue weighted by molar-refractivity contribution is 8.00. The molecule has 54 heavy (non-hydrogen) atoms. The summed E-state index contributed by atoms with van der Waals surface area (Å²) in [7, 11) is 0. The van der Waals surface area contributed by atoms with Crippen LogP contribution >= 0.6 is 11.8 Å². The first-order valence-electron chi connectivity index (χ1n) is 19.1. The van der Waals surface area contributed by atoms with Gasteiger partial charge in [0, 0.05) is 24.0 Å². The van der Waals surface area contributed by atoms with E-state index in [1.807, 2.05) is 11.8 Å². The summed E-state index contributed by atoms with van der Waals surface area (Å²) in [6.07, 6.45) is 3.31. The highest BCUT2D eigenvalue weighted by Gasteiger charge is 2.42. The average molecular weight is 800 g/mol. The summed E-state index contributed by atoms with van der Waals surface area (Å²) >= 11 is 1.90. The van der Waals surface area contributed by atoms with Gasteiger partial charge in [-0.3, -0.25) is 9.59 Å². The lowest BCUT2D eigenvalue weighted by atomic mass is 10.0. The van der Waals surface area contributed by atoms with Crippen molar-refractivity contribution >= 4 is 29.7 Å². The van der Waals surface area contributed by atoms with E-state index in [0.717, 1.165) is 25.0 Å². The minimum absolute atomic E-state index is 0.00731. The molecule has 0 bridgehead atoms. The Morgan fingerprint density at radius 2 is 0.944 bits per heavy atom. The third kappa shape index (κ3) is 28.5. The van der Waals surface area contributed by atoms with Crippen molar-refractivity contribution in [2.75, 3.05) is 158 Å². The summed E-state index contributed by atoms with van der Waals surface area (Å²) < 4.78 is 59.7. The molecule has 0 radical (unpaired) electrons. The lowest BCUT2D eigenvalue weighted by Crippen LogP contribution is -2.36. The number of carbonyl (C=O) groups is 3. The molecule has 2 aliphatic heterocycles. The third-order valence-corrected chi connectivity index (χ3v) is 9.34. The van der Waals surface area contributed by atoms with Crippen LogP contribution in [0.5, 0.6) is 0 Å². The number of nitrogens with one attached hydrogen (secondary N) is 3. The molecule has 0 aromatic heterocycles. The Kier molecular flexibility index (Phi) is 31.8. The highest BCUT2D eigenvalue weighted by atomic mass is 32.2. The van der Waals surface area contributed by atoms with Gasteiger partial charge in [0.1, 0.15) is 0 Å². The molecule has 316 valence electrons. The summed E-state index contributed by atoms with van der Waals surface area (Å²) in [6.45, 7) is 10.3. The number of carboxylic acid groups (broad SMARTS) is 1. The summed E-state index contributed by atoms with van der Waals surface area (Å²) in [4.78, 5) is 33.8. The fraction of sp³-hybridized carbons (Fsp3) is 0.914. The maximum atomic E-state index is 12.0. The summed E-state index contributed by atoms with van der Waals surface area (Å²) in [5.41, 5.74) is 0. The number of ether oxygens (including phenoxy) is 11. The van der Waals surface area contributed by atoms with Crippen LogP contribution in [0.25, 0.3) is 0 Å². The number of amides is 3. The van der Waals surface area contributed by atoms with Gasteiger partial charge in [0.15, 0.2) is 0 Å². The number of hydrogen-bond donors (Lipinski definition) is 4. The number of hydrogen-bond acceptors (Lipinski definition) is 15. The topological polar surface area (TPSA) is 209 Å². The van der Waals surface area contributed by atoms with Gasteiger partial charge < -0.3 is 73.2 Å². The van der Waals surface area contributed by atoms with E-state index >= 15 is 0 Å². The Morgan fingerprint density at radius 1 is 0.556 bits per heavy atom. The molecule has 2 heterocycles. The Bertz CT molecular complexity index is 929. The molecule has 0 saturated carbocycles. The second kappa shape index (κ2) is 35.5. The molecule has 2 fully saturated rings. The van der Waals surface area contributed by atoms with Crippen LogP contribution in [0.3, 0.4) is 0 Å². The zero-order chi connectivity index (χ0) is 38.6. The predicted molar refractivity (Wildman–Crippen MR) is 198 cm³/mol. The lowest BCUT2D eigenvalue weighted by molar-refractivity contribution is -0.138. The molecule has 2 rings (SSSR count). The van der Waals surface area contributed by atoms with Crippen molar-refractivity contribution in [3.05, 3.63) is 0 Å². The zero-order valence-electron chi connectivity index (χ0n) is 31.8. The maximum absolute atomic E-state index is 12.0. The summed E-state index contributed by atoms with van der Waals surface area (Å²) in [5.74, 6) is 0.116. The van der Waals surface area contributed by atoms with E-state index in [1.165, 1.54) is 0 Å². The molecule has 19 heteroatoms. The Balaban J connectivity index is 1.14. The summed E-state index contributed by atoms with van der Waals surface area (Å²) in [5, 5.41) is 17.8. The first-order valence-corrected chi connectivity index (χ1v) is 20.1. The minimum Gasteiger partial charge on any atom is -0.481 e. The van der Waals surface area contributed by atoms with Crippen LogP contribution in [0.1, 0.15) is 32.1 Å². The lowest BCUT2D eigenvalue weighted by Gasteiger charge is -2.16. The van der Waals surface area contributed by atoms with Gasteiger partial charge in [-0.15, -0.1) is 0 Å². The second-order valence-corrected chi connectivity index (χ2v) is 13.4. The van der Waals surface area contributed by atoms with E-state index in [9.17, 15) is 14.4 Å². The van der Waals surface area contributed by atoms with E-state index in [-0.39, 0.29) is 37.0 Å². The van der Waals surface area contributed by atoms with Gasteiger partial charge in [0.05, 0.1) is 164 Å². The van der Waals surface area contributed by atoms with E-state index in [2.05, 4.69) is 16.0 Å². The quantitative estimate of drug-likeness (QED) is 0.0490. The van der Waals surface area contributed by atoms with Gasteiger partial charge in [-0.05, 0) is 12.8 Å². The van der Waals surface area contributed by atoms with Gasteiger partial charge in [-0.2, -0.15) is 11.8 Å². The van der Waals surface area contributed by atoms with Crippen molar-refractivity contribution in [2.24, 2.45) is 0 Å². The van der Waals surface area contributed by atoms with E-state index < -0.39 is 5.97 Å². The van der Waals surface area contributed by atoms with Crippen LogP contribution < -0.4 is 16.0 Å². The summed E-state index contributed by atoms with van der Waals surface area (Å²) in [6, 6.07) is 0.396. The van der Waals surface area contributed by atoms with Gasteiger partial charge in [-0.25, -0.2) is 4.79 Å². The Hall–Kier alpha value is -1.88. The van der Waals surface area contributed by atoms with Crippen LogP contribution in [0.2, 0.25) is 0 Å². The fourth-order valence-electron chi connectivity index (χ4n) is 5.09. The highest BCUT2D eigenvalue weighted by Crippen LogP contribution is 2.33. The fourth-order valence-corrected chi connectivity index (χ4v) is 6.63. The third-order valence-electron chi connectivity index (χ3n) is 7.83. The molecule has 0 spiro atoms. The molecule has 4 N–H and O–H groups in total. The predicted octanol–water partition coefficient (Wildman–Crippen LogP) is 0.486. The SMILES string of the molecule is O=C(O)CCOCCOCCOCCOCCOCCOCCOCCOCCOCCOCCOCCNC(=O)CCCC[C@@H]1SC[C@@H]2NC(=O)N[C@@H]21. The minimum atomic E-state index is -0.878. The number of fused-ring (bicyclic) bond motifs is 1. The molecule has 0 unspecified atom stereocenters. The van der Waals surface area contributed by atoms with Crippen LogP contribution in [0, 0.1) is 0 Å². The monoisotopic (exact) mass is 799 g/mol.